The number of hydrogen-bond donors (Lipinski definition) is 1. The topological polar surface area (TPSA) is 49.0 Å². The number of aromatic amines is 1. The number of carbonyl (C=O) groups is 1. The van der Waals surface area contributed by atoms with Gasteiger partial charge in [0.2, 0.25) is 0 Å². The molecular formula is C18H23N3O. The molecule has 1 heterocycles. The third-order valence-electron chi connectivity index (χ3n) is 4.34. The summed E-state index contributed by atoms with van der Waals surface area (Å²) < 4.78 is 0. The summed E-state index contributed by atoms with van der Waals surface area (Å²) in [6.45, 7) is 4.73. The lowest BCUT2D eigenvalue weighted by atomic mass is 9.95. The predicted molar refractivity (Wildman–Crippen MR) is 86.7 cm³/mol. The highest BCUT2D eigenvalue weighted by molar-refractivity contribution is 5.94. The first kappa shape index (κ1) is 14.8. The second kappa shape index (κ2) is 6.34. The molecule has 1 aliphatic carbocycles. The first-order chi connectivity index (χ1) is 10.7. The normalized spacial score (nSPS) is 14.0. The number of fused-ring (bicyclic) bond motifs is 1. The monoisotopic (exact) mass is 297 g/mol. The Hall–Kier alpha value is -2.10. The lowest BCUT2D eigenvalue weighted by molar-refractivity contribution is 0.0683. The van der Waals surface area contributed by atoms with Crippen LogP contribution in [0.1, 0.15) is 54.0 Å². The van der Waals surface area contributed by atoms with Gasteiger partial charge in [0, 0.05) is 23.8 Å². The standard InChI is InChI=1S/C18H23N3O/c1-13(2)21(12-14-8-4-3-5-9-14)18(22)17-15-10-6-7-11-16(15)19-20-17/h3-5,8-9,13H,6-7,10-12H2,1-2H3,(H,19,20). The van der Waals surface area contributed by atoms with Crippen LogP contribution in [0.2, 0.25) is 0 Å². The van der Waals surface area contributed by atoms with Gasteiger partial charge in [-0.3, -0.25) is 9.89 Å². The number of amides is 1. The third kappa shape index (κ3) is 2.91. The fourth-order valence-electron chi connectivity index (χ4n) is 3.06. The smallest absolute Gasteiger partial charge is 0.275 e. The van der Waals surface area contributed by atoms with Crippen LogP contribution >= 0.6 is 0 Å². The van der Waals surface area contributed by atoms with Gasteiger partial charge in [0.05, 0.1) is 0 Å². The molecule has 2 aromatic rings. The van der Waals surface area contributed by atoms with Crippen molar-refractivity contribution in [3.8, 4) is 0 Å². The Labute approximate surface area is 131 Å². The molecule has 4 heteroatoms. The van der Waals surface area contributed by atoms with E-state index in [4.69, 9.17) is 0 Å². The van der Waals surface area contributed by atoms with Crippen molar-refractivity contribution in [3.05, 3.63) is 52.8 Å². The average molecular weight is 297 g/mol. The molecule has 1 amide bonds. The fourth-order valence-corrected chi connectivity index (χ4v) is 3.06. The van der Waals surface area contributed by atoms with Crippen molar-refractivity contribution in [3.63, 3.8) is 0 Å². The van der Waals surface area contributed by atoms with Crippen molar-refractivity contribution in [1.29, 1.82) is 0 Å². The largest absolute Gasteiger partial charge is 0.330 e. The maximum absolute atomic E-state index is 13.0. The quantitative estimate of drug-likeness (QED) is 0.941. The van der Waals surface area contributed by atoms with E-state index in [1.807, 2.05) is 23.1 Å². The van der Waals surface area contributed by atoms with Crippen LogP contribution in [0.4, 0.5) is 0 Å². The fraction of sp³-hybridized carbons (Fsp3) is 0.444. The number of H-pyrrole nitrogens is 1. The Morgan fingerprint density at radius 3 is 2.68 bits per heavy atom. The lowest BCUT2D eigenvalue weighted by Crippen LogP contribution is -2.37. The molecule has 1 N–H and O–H groups in total. The molecular weight excluding hydrogens is 274 g/mol. The summed E-state index contributed by atoms with van der Waals surface area (Å²) in [6, 6.07) is 10.3. The van der Waals surface area contributed by atoms with E-state index < -0.39 is 0 Å². The number of aryl methyl sites for hydroxylation is 1. The number of rotatable bonds is 4. The highest BCUT2D eigenvalue weighted by Crippen LogP contribution is 2.24. The zero-order chi connectivity index (χ0) is 15.5. The Morgan fingerprint density at radius 2 is 1.95 bits per heavy atom. The first-order valence-corrected chi connectivity index (χ1v) is 8.08. The van der Waals surface area contributed by atoms with Crippen LogP contribution in [-0.4, -0.2) is 27.0 Å². The SMILES string of the molecule is CC(C)N(Cc1ccccc1)C(=O)c1n[nH]c2c1CCCC2. The zero-order valence-corrected chi connectivity index (χ0v) is 13.3. The summed E-state index contributed by atoms with van der Waals surface area (Å²) in [5.74, 6) is 0.0400. The van der Waals surface area contributed by atoms with Gasteiger partial charge in [0.15, 0.2) is 5.69 Å². The number of nitrogens with one attached hydrogen (secondary N) is 1. The Bertz CT molecular complexity index is 646. The number of nitrogens with zero attached hydrogens (tertiary/aromatic N) is 2. The minimum atomic E-state index is 0.0400. The zero-order valence-electron chi connectivity index (χ0n) is 13.3. The Morgan fingerprint density at radius 1 is 1.23 bits per heavy atom. The molecule has 0 fully saturated rings. The minimum Gasteiger partial charge on any atom is -0.330 e. The summed E-state index contributed by atoms with van der Waals surface area (Å²) in [5.41, 5.74) is 4.06. The lowest BCUT2D eigenvalue weighted by Gasteiger charge is -2.27. The van der Waals surface area contributed by atoms with E-state index in [0.29, 0.717) is 12.2 Å². The van der Waals surface area contributed by atoms with Crippen LogP contribution in [-0.2, 0) is 19.4 Å². The first-order valence-electron chi connectivity index (χ1n) is 8.08. The molecule has 22 heavy (non-hydrogen) atoms. The highest BCUT2D eigenvalue weighted by atomic mass is 16.2. The van der Waals surface area contributed by atoms with Gasteiger partial charge >= 0.3 is 0 Å². The van der Waals surface area contributed by atoms with E-state index in [9.17, 15) is 4.79 Å². The summed E-state index contributed by atoms with van der Waals surface area (Å²) in [7, 11) is 0. The molecule has 0 spiro atoms. The van der Waals surface area contributed by atoms with Crippen molar-refractivity contribution >= 4 is 5.91 Å². The number of benzene rings is 1. The van der Waals surface area contributed by atoms with Crippen molar-refractivity contribution in [1.82, 2.24) is 15.1 Å². The van der Waals surface area contributed by atoms with E-state index in [1.54, 1.807) is 0 Å². The maximum atomic E-state index is 13.0. The number of carbonyl (C=O) groups excluding carboxylic acids is 1. The van der Waals surface area contributed by atoms with E-state index in [1.165, 1.54) is 6.42 Å². The molecule has 1 aliphatic rings. The summed E-state index contributed by atoms with van der Waals surface area (Å²) in [4.78, 5) is 14.9. The van der Waals surface area contributed by atoms with Crippen LogP contribution in [0.3, 0.4) is 0 Å². The van der Waals surface area contributed by atoms with Crippen molar-refractivity contribution < 1.29 is 4.79 Å². The van der Waals surface area contributed by atoms with E-state index in [0.717, 1.165) is 36.1 Å². The van der Waals surface area contributed by atoms with Gasteiger partial charge in [-0.2, -0.15) is 5.10 Å². The summed E-state index contributed by atoms with van der Waals surface area (Å²) in [6.07, 6.45) is 4.30. The van der Waals surface area contributed by atoms with Crippen LogP contribution < -0.4 is 0 Å². The Kier molecular flexibility index (Phi) is 4.27. The van der Waals surface area contributed by atoms with Crippen molar-refractivity contribution in [2.45, 2.75) is 52.1 Å². The molecule has 0 unspecified atom stereocenters. The van der Waals surface area contributed by atoms with E-state index in [2.05, 4.69) is 36.2 Å². The molecule has 0 aliphatic heterocycles. The molecule has 0 radical (unpaired) electrons. The van der Waals surface area contributed by atoms with Crippen LogP contribution in [0, 0.1) is 0 Å². The van der Waals surface area contributed by atoms with Crippen LogP contribution in [0.25, 0.3) is 0 Å². The molecule has 0 bridgehead atoms. The van der Waals surface area contributed by atoms with Gasteiger partial charge in [0.25, 0.3) is 5.91 Å². The minimum absolute atomic E-state index is 0.0400. The number of hydrogen-bond acceptors (Lipinski definition) is 2. The highest BCUT2D eigenvalue weighted by Gasteiger charge is 2.27. The van der Waals surface area contributed by atoms with Gasteiger partial charge in [-0.05, 0) is 45.1 Å². The number of aromatic nitrogens is 2. The molecule has 3 rings (SSSR count). The van der Waals surface area contributed by atoms with E-state index in [-0.39, 0.29) is 11.9 Å². The molecule has 0 saturated heterocycles. The van der Waals surface area contributed by atoms with Crippen molar-refractivity contribution in [2.24, 2.45) is 0 Å². The average Bonchev–Trinajstić information content (AvgIpc) is 2.97. The van der Waals surface area contributed by atoms with Gasteiger partial charge in [0.1, 0.15) is 0 Å². The molecule has 116 valence electrons. The van der Waals surface area contributed by atoms with Crippen LogP contribution in [0.5, 0.6) is 0 Å². The molecule has 0 atom stereocenters. The summed E-state index contributed by atoms with van der Waals surface area (Å²) in [5, 5.41) is 7.39. The second-order valence-corrected chi connectivity index (χ2v) is 6.25. The molecule has 1 aromatic heterocycles. The predicted octanol–water partition coefficient (Wildman–Crippen LogP) is 3.34. The van der Waals surface area contributed by atoms with E-state index >= 15 is 0 Å². The molecule has 1 aromatic carbocycles. The second-order valence-electron chi connectivity index (χ2n) is 6.25. The molecule has 4 nitrogen and oxygen atoms in total. The molecule has 0 saturated carbocycles. The maximum Gasteiger partial charge on any atom is 0.275 e. The van der Waals surface area contributed by atoms with Crippen molar-refractivity contribution in [2.75, 3.05) is 0 Å². The van der Waals surface area contributed by atoms with Crippen LogP contribution in [0.15, 0.2) is 30.3 Å². The Balaban J connectivity index is 1.85. The third-order valence-corrected chi connectivity index (χ3v) is 4.34. The van der Waals surface area contributed by atoms with Gasteiger partial charge in [-0.25, -0.2) is 0 Å². The summed E-state index contributed by atoms with van der Waals surface area (Å²) >= 11 is 0. The van der Waals surface area contributed by atoms with Gasteiger partial charge < -0.3 is 4.90 Å². The van der Waals surface area contributed by atoms with Gasteiger partial charge in [-0.1, -0.05) is 30.3 Å². The van der Waals surface area contributed by atoms with Gasteiger partial charge in [-0.15, -0.1) is 0 Å².